The summed E-state index contributed by atoms with van der Waals surface area (Å²) in [7, 11) is 1.63. The van der Waals surface area contributed by atoms with Gasteiger partial charge in [0.25, 0.3) is 0 Å². The number of guanidine groups is 1. The molecule has 1 fully saturated rings. The normalized spacial score (nSPS) is 16.1. The number of anilines is 1. The molecule has 1 atom stereocenters. The van der Waals surface area contributed by atoms with Gasteiger partial charge >= 0.3 is 0 Å². The van der Waals surface area contributed by atoms with Crippen LogP contribution in [0.3, 0.4) is 0 Å². The van der Waals surface area contributed by atoms with Crippen molar-refractivity contribution in [1.82, 2.24) is 10.6 Å². The van der Waals surface area contributed by atoms with Crippen LogP contribution in [0, 0.1) is 12.7 Å². The molecule has 166 valence electrons. The van der Waals surface area contributed by atoms with Crippen LogP contribution in [0.5, 0.6) is 5.75 Å². The van der Waals surface area contributed by atoms with Crippen LogP contribution in [0.15, 0.2) is 47.5 Å². The minimum atomic E-state index is -0.404. The number of nitrogens with one attached hydrogen (secondary N) is 3. The largest absolute Gasteiger partial charge is 0.491 e. The summed E-state index contributed by atoms with van der Waals surface area (Å²) in [5.74, 6) is 0.575. The lowest BCUT2D eigenvalue weighted by Crippen LogP contribution is -2.41. The van der Waals surface area contributed by atoms with Crippen LogP contribution in [-0.2, 0) is 16.1 Å². The van der Waals surface area contributed by atoms with E-state index in [9.17, 15) is 9.18 Å². The lowest BCUT2D eigenvalue weighted by atomic mass is 10.1. The first-order valence-electron chi connectivity index (χ1n) is 10.4. The van der Waals surface area contributed by atoms with E-state index in [1.54, 1.807) is 19.2 Å². The summed E-state index contributed by atoms with van der Waals surface area (Å²) in [6.45, 7) is 3.82. The highest BCUT2D eigenvalue weighted by Crippen LogP contribution is 2.22. The second-order valence-corrected chi connectivity index (χ2v) is 7.40. The fourth-order valence-electron chi connectivity index (χ4n) is 3.24. The molecule has 0 saturated carbocycles. The minimum Gasteiger partial charge on any atom is -0.491 e. The molecule has 7 nitrogen and oxygen atoms in total. The number of aryl methyl sites for hydroxylation is 1. The Balaban J connectivity index is 1.50. The van der Waals surface area contributed by atoms with E-state index in [-0.39, 0.29) is 18.6 Å². The third-order valence-electron chi connectivity index (χ3n) is 4.87. The first-order valence-corrected chi connectivity index (χ1v) is 10.4. The van der Waals surface area contributed by atoms with Gasteiger partial charge in [0.2, 0.25) is 5.91 Å². The summed E-state index contributed by atoms with van der Waals surface area (Å²) in [6, 6.07) is 11.8. The number of halogens is 1. The monoisotopic (exact) mass is 428 g/mol. The van der Waals surface area contributed by atoms with Crippen molar-refractivity contribution in [3.8, 4) is 5.75 Å². The van der Waals surface area contributed by atoms with Crippen molar-refractivity contribution < 1.29 is 18.7 Å². The van der Waals surface area contributed by atoms with E-state index >= 15 is 0 Å². The fourth-order valence-corrected chi connectivity index (χ4v) is 3.24. The summed E-state index contributed by atoms with van der Waals surface area (Å²) in [4.78, 5) is 16.3. The smallest absolute Gasteiger partial charge is 0.243 e. The Bertz CT molecular complexity index is 913. The first-order chi connectivity index (χ1) is 15.0. The first kappa shape index (κ1) is 22.6. The maximum Gasteiger partial charge on any atom is 0.243 e. The second-order valence-electron chi connectivity index (χ2n) is 7.40. The molecule has 3 N–H and O–H groups in total. The number of carbonyl (C=O) groups is 1. The van der Waals surface area contributed by atoms with E-state index in [1.165, 1.54) is 12.1 Å². The number of hydrogen-bond acceptors (Lipinski definition) is 4. The van der Waals surface area contributed by atoms with Crippen molar-refractivity contribution in [2.24, 2.45) is 4.99 Å². The SMILES string of the molecule is CN=C(NCC(=O)Nc1cccc(F)c1)NCc1ccc(C)cc1OCC1CCCO1. The third kappa shape index (κ3) is 7.25. The van der Waals surface area contributed by atoms with Crippen LogP contribution in [0.25, 0.3) is 0 Å². The molecule has 0 bridgehead atoms. The maximum absolute atomic E-state index is 13.2. The van der Waals surface area contributed by atoms with Gasteiger partial charge in [-0.3, -0.25) is 9.79 Å². The number of amides is 1. The number of nitrogens with zero attached hydrogens (tertiary/aromatic N) is 1. The molecule has 1 aliphatic rings. The van der Waals surface area contributed by atoms with Gasteiger partial charge in [-0.1, -0.05) is 18.2 Å². The fraction of sp³-hybridized carbons (Fsp3) is 0.391. The molecule has 1 heterocycles. The number of hydrogen-bond donors (Lipinski definition) is 3. The van der Waals surface area contributed by atoms with Gasteiger partial charge in [-0.15, -0.1) is 0 Å². The Morgan fingerprint density at radius 1 is 1.26 bits per heavy atom. The van der Waals surface area contributed by atoms with Crippen LogP contribution < -0.4 is 20.7 Å². The van der Waals surface area contributed by atoms with Gasteiger partial charge in [0, 0.05) is 31.5 Å². The molecule has 1 saturated heterocycles. The van der Waals surface area contributed by atoms with E-state index in [2.05, 4.69) is 20.9 Å². The van der Waals surface area contributed by atoms with Crippen molar-refractivity contribution in [1.29, 1.82) is 0 Å². The highest BCUT2D eigenvalue weighted by Gasteiger charge is 2.17. The zero-order valence-corrected chi connectivity index (χ0v) is 17.9. The van der Waals surface area contributed by atoms with E-state index in [4.69, 9.17) is 9.47 Å². The second kappa shape index (κ2) is 11.3. The van der Waals surface area contributed by atoms with Crippen molar-refractivity contribution in [2.75, 3.05) is 32.1 Å². The minimum absolute atomic E-state index is 0.00748. The summed E-state index contributed by atoms with van der Waals surface area (Å²) in [6.07, 6.45) is 2.24. The predicted octanol–water partition coefficient (Wildman–Crippen LogP) is 3.00. The predicted molar refractivity (Wildman–Crippen MR) is 119 cm³/mol. The van der Waals surface area contributed by atoms with Crippen LogP contribution >= 0.6 is 0 Å². The number of aliphatic imine (C=N–C) groups is 1. The topological polar surface area (TPSA) is 84.0 Å². The molecule has 8 heteroatoms. The Hall–Kier alpha value is -3.13. The van der Waals surface area contributed by atoms with E-state index in [0.717, 1.165) is 36.3 Å². The number of benzene rings is 2. The Labute approximate surface area is 182 Å². The van der Waals surface area contributed by atoms with Crippen molar-refractivity contribution in [3.05, 3.63) is 59.4 Å². The van der Waals surface area contributed by atoms with Crippen LogP contribution in [-0.4, -0.2) is 44.8 Å². The molecular formula is C23H29FN4O3. The van der Waals surface area contributed by atoms with E-state index in [0.29, 0.717) is 24.8 Å². The molecule has 1 unspecified atom stereocenters. The molecule has 0 spiro atoms. The molecule has 2 aromatic rings. The molecule has 1 aliphatic heterocycles. The summed E-state index contributed by atoms with van der Waals surface area (Å²) in [5.41, 5.74) is 2.50. The van der Waals surface area contributed by atoms with Crippen molar-refractivity contribution in [3.63, 3.8) is 0 Å². The molecule has 1 amide bonds. The number of ether oxygens (including phenoxy) is 2. The summed E-state index contributed by atoms with van der Waals surface area (Å²) in [5, 5.41) is 8.78. The molecule has 31 heavy (non-hydrogen) atoms. The van der Waals surface area contributed by atoms with Gasteiger partial charge < -0.3 is 25.4 Å². The van der Waals surface area contributed by atoms with E-state index in [1.807, 2.05) is 25.1 Å². The summed E-state index contributed by atoms with van der Waals surface area (Å²) < 4.78 is 24.9. The van der Waals surface area contributed by atoms with Gasteiger partial charge in [-0.25, -0.2) is 4.39 Å². The summed E-state index contributed by atoms with van der Waals surface area (Å²) >= 11 is 0. The lowest BCUT2D eigenvalue weighted by Gasteiger charge is -2.17. The molecular weight excluding hydrogens is 399 g/mol. The Kier molecular flexibility index (Phi) is 8.23. The maximum atomic E-state index is 13.2. The number of carbonyl (C=O) groups excluding carboxylic acids is 1. The quantitative estimate of drug-likeness (QED) is 0.445. The highest BCUT2D eigenvalue weighted by atomic mass is 19.1. The van der Waals surface area contributed by atoms with Gasteiger partial charge in [0.05, 0.1) is 12.6 Å². The average Bonchev–Trinajstić information content (AvgIpc) is 3.27. The third-order valence-corrected chi connectivity index (χ3v) is 4.87. The lowest BCUT2D eigenvalue weighted by molar-refractivity contribution is -0.115. The Morgan fingerprint density at radius 3 is 2.87 bits per heavy atom. The standard InChI is InChI=1S/C23H29FN4O3/c1-16-8-9-17(21(11-16)31-15-20-7-4-10-30-20)13-26-23(25-2)27-14-22(29)28-19-6-3-5-18(24)12-19/h3,5-6,8-9,11-12,20H,4,7,10,13-15H2,1-2H3,(H,28,29)(H2,25,26,27). The zero-order valence-electron chi connectivity index (χ0n) is 17.9. The van der Waals surface area contributed by atoms with Crippen molar-refractivity contribution >= 4 is 17.6 Å². The van der Waals surface area contributed by atoms with E-state index < -0.39 is 5.82 Å². The molecule has 0 aromatic heterocycles. The van der Waals surface area contributed by atoms with Gasteiger partial charge in [0.15, 0.2) is 5.96 Å². The highest BCUT2D eigenvalue weighted by molar-refractivity contribution is 5.94. The van der Waals surface area contributed by atoms with Gasteiger partial charge in [-0.05, 0) is 49.6 Å². The van der Waals surface area contributed by atoms with Crippen LogP contribution in [0.4, 0.5) is 10.1 Å². The molecule has 2 aromatic carbocycles. The van der Waals surface area contributed by atoms with Crippen LogP contribution in [0.1, 0.15) is 24.0 Å². The zero-order chi connectivity index (χ0) is 22.1. The van der Waals surface area contributed by atoms with Gasteiger partial charge in [0.1, 0.15) is 18.2 Å². The van der Waals surface area contributed by atoms with Gasteiger partial charge in [-0.2, -0.15) is 0 Å². The number of rotatable bonds is 8. The Morgan fingerprint density at radius 2 is 2.13 bits per heavy atom. The molecule has 3 rings (SSSR count). The van der Waals surface area contributed by atoms with Crippen molar-refractivity contribution in [2.45, 2.75) is 32.4 Å². The average molecular weight is 429 g/mol. The molecule has 0 radical (unpaired) electrons. The van der Waals surface area contributed by atoms with Crippen LogP contribution in [0.2, 0.25) is 0 Å². The molecule has 0 aliphatic carbocycles.